The average molecular weight is 429 g/mol. The molecule has 0 unspecified atom stereocenters. The first-order valence-corrected chi connectivity index (χ1v) is 9.86. The molecule has 156 valence electrons. The fraction of sp³-hybridized carbons (Fsp3) is 0.238. The molecule has 0 spiro atoms. The molecule has 0 atom stereocenters. The number of rotatable bonds is 9. The Kier molecular flexibility index (Phi) is 6.36. The summed E-state index contributed by atoms with van der Waals surface area (Å²) in [5.74, 6) is 2.97. The lowest BCUT2D eigenvalue weighted by Gasteiger charge is -2.12. The molecule has 0 saturated carbocycles. The van der Waals surface area contributed by atoms with Crippen LogP contribution in [0, 0.1) is 0 Å². The number of ether oxygens (including phenoxy) is 4. The van der Waals surface area contributed by atoms with E-state index in [0.29, 0.717) is 53.8 Å². The first kappa shape index (κ1) is 20.1. The van der Waals surface area contributed by atoms with Crippen molar-refractivity contribution in [1.82, 2.24) is 9.97 Å². The van der Waals surface area contributed by atoms with Crippen LogP contribution in [0.25, 0.3) is 0 Å². The summed E-state index contributed by atoms with van der Waals surface area (Å²) in [5.41, 5.74) is 1.43. The van der Waals surface area contributed by atoms with E-state index >= 15 is 0 Å². The van der Waals surface area contributed by atoms with Crippen LogP contribution >= 0.6 is 11.6 Å². The van der Waals surface area contributed by atoms with Crippen molar-refractivity contribution in [2.45, 2.75) is 6.92 Å². The molecule has 0 bridgehead atoms. The highest BCUT2D eigenvalue weighted by Crippen LogP contribution is 2.44. The fourth-order valence-electron chi connectivity index (χ4n) is 2.81. The predicted molar refractivity (Wildman–Crippen MR) is 115 cm³/mol. The van der Waals surface area contributed by atoms with E-state index in [0.717, 1.165) is 11.4 Å². The average Bonchev–Trinajstić information content (AvgIpc) is 3.24. The summed E-state index contributed by atoms with van der Waals surface area (Å²) in [7, 11) is 0. The zero-order chi connectivity index (χ0) is 20.8. The van der Waals surface area contributed by atoms with Gasteiger partial charge in [0.05, 0.1) is 11.6 Å². The second-order valence-electron chi connectivity index (χ2n) is 6.24. The van der Waals surface area contributed by atoms with Crippen LogP contribution in [0.15, 0.2) is 48.7 Å². The quantitative estimate of drug-likeness (QED) is 0.472. The van der Waals surface area contributed by atoms with Crippen molar-refractivity contribution in [1.29, 1.82) is 0 Å². The van der Waals surface area contributed by atoms with Crippen molar-refractivity contribution in [3.05, 3.63) is 53.7 Å². The molecule has 4 rings (SSSR count). The molecule has 0 amide bonds. The van der Waals surface area contributed by atoms with Gasteiger partial charge in [-0.3, -0.25) is 0 Å². The molecule has 1 aliphatic heterocycles. The lowest BCUT2D eigenvalue weighted by molar-refractivity contribution is 0.110. The summed E-state index contributed by atoms with van der Waals surface area (Å²) < 4.78 is 21.8. The van der Waals surface area contributed by atoms with Crippen molar-refractivity contribution < 1.29 is 18.9 Å². The Morgan fingerprint density at radius 2 is 1.90 bits per heavy atom. The number of nitrogens with one attached hydrogen (secondary N) is 2. The van der Waals surface area contributed by atoms with Gasteiger partial charge in [0.1, 0.15) is 23.9 Å². The van der Waals surface area contributed by atoms with Gasteiger partial charge < -0.3 is 29.6 Å². The summed E-state index contributed by atoms with van der Waals surface area (Å²) in [6.45, 7) is 3.87. The van der Waals surface area contributed by atoms with Gasteiger partial charge in [0.15, 0.2) is 11.5 Å². The van der Waals surface area contributed by atoms with Gasteiger partial charge in [0, 0.05) is 18.5 Å². The number of halogens is 1. The molecule has 8 nitrogen and oxygen atoms in total. The number of hydrogen-bond acceptors (Lipinski definition) is 8. The molecule has 0 fully saturated rings. The summed E-state index contributed by atoms with van der Waals surface area (Å²) in [6, 6.07) is 12.8. The highest BCUT2D eigenvalue weighted by atomic mass is 35.5. The third-order valence-corrected chi connectivity index (χ3v) is 4.52. The lowest BCUT2D eigenvalue weighted by Crippen LogP contribution is -2.06. The molecule has 1 aliphatic rings. The van der Waals surface area contributed by atoms with E-state index in [1.54, 1.807) is 24.4 Å². The van der Waals surface area contributed by atoms with Crippen LogP contribution in [0.1, 0.15) is 6.92 Å². The van der Waals surface area contributed by atoms with E-state index in [4.69, 9.17) is 30.5 Å². The van der Waals surface area contributed by atoms with Crippen molar-refractivity contribution in [3.63, 3.8) is 0 Å². The minimum absolute atomic E-state index is 0.159. The van der Waals surface area contributed by atoms with Gasteiger partial charge in [-0.1, -0.05) is 11.6 Å². The van der Waals surface area contributed by atoms with Gasteiger partial charge >= 0.3 is 0 Å². The molecular formula is C21H21ClN4O4. The van der Waals surface area contributed by atoms with Crippen LogP contribution in [0.4, 0.5) is 23.1 Å². The second kappa shape index (κ2) is 9.51. The number of aromatic nitrogens is 2. The van der Waals surface area contributed by atoms with Gasteiger partial charge in [0.2, 0.25) is 12.7 Å². The molecule has 0 radical (unpaired) electrons. The molecule has 9 heteroatoms. The van der Waals surface area contributed by atoms with Gasteiger partial charge in [-0.15, -0.1) is 0 Å². The van der Waals surface area contributed by atoms with E-state index in [1.165, 1.54) is 0 Å². The van der Waals surface area contributed by atoms with Crippen LogP contribution in [0.5, 0.6) is 17.2 Å². The topological polar surface area (TPSA) is 86.8 Å². The minimum Gasteiger partial charge on any atom is -0.491 e. The maximum atomic E-state index is 6.32. The first-order valence-electron chi connectivity index (χ1n) is 9.48. The van der Waals surface area contributed by atoms with Crippen LogP contribution in [0.3, 0.4) is 0 Å². The van der Waals surface area contributed by atoms with Gasteiger partial charge in [-0.05, 0) is 49.4 Å². The fourth-order valence-corrected chi connectivity index (χ4v) is 3.00. The van der Waals surface area contributed by atoms with Crippen LogP contribution in [-0.4, -0.2) is 36.6 Å². The second-order valence-corrected chi connectivity index (χ2v) is 6.65. The van der Waals surface area contributed by atoms with Crippen LogP contribution < -0.4 is 24.8 Å². The van der Waals surface area contributed by atoms with Gasteiger partial charge in [0.25, 0.3) is 0 Å². The normalized spacial score (nSPS) is 11.9. The Morgan fingerprint density at radius 3 is 2.73 bits per heavy atom. The number of fused-ring (bicyclic) bond motifs is 1. The zero-order valence-electron chi connectivity index (χ0n) is 16.4. The molecule has 1 aromatic heterocycles. The van der Waals surface area contributed by atoms with E-state index < -0.39 is 0 Å². The third-order valence-electron chi connectivity index (χ3n) is 4.21. The molecule has 3 aromatic rings. The number of anilines is 4. The predicted octanol–water partition coefficient (Wildman–Crippen LogP) is 4.76. The van der Waals surface area contributed by atoms with Crippen molar-refractivity contribution in [2.75, 3.05) is 37.2 Å². The molecule has 2 aromatic carbocycles. The lowest BCUT2D eigenvalue weighted by atomic mass is 10.2. The molecular weight excluding hydrogens is 408 g/mol. The molecule has 0 saturated heterocycles. The number of nitrogens with zero attached hydrogens (tertiary/aromatic N) is 2. The Balaban J connectivity index is 1.41. The van der Waals surface area contributed by atoms with Crippen molar-refractivity contribution in [2.24, 2.45) is 0 Å². The van der Waals surface area contributed by atoms with Crippen molar-refractivity contribution in [3.8, 4) is 17.2 Å². The highest BCUT2D eigenvalue weighted by molar-refractivity contribution is 6.33. The van der Waals surface area contributed by atoms with E-state index in [1.807, 2.05) is 31.2 Å². The Hall–Kier alpha value is -3.23. The summed E-state index contributed by atoms with van der Waals surface area (Å²) in [4.78, 5) is 8.75. The van der Waals surface area contributed by atoms with E-state index in [-0.39, 0.29) is 6.79 Å². The zero-order valence-corrected chi connectivity index (χ0v) is 17.1. The monoisotopic (exact) mass is 428 g/mol. The highest BCUT2D eigenvalue weighted by Gasteiger charge is 2.21. The third kappa shape index (κ3) is 4.84. The SMILES string of the molecule is CCOCCOc1ccc(Nc2nccc(Nc3c(Cl)ccc4c3OCO4)n2)cc1. The maximum absolute atomic E-state index is 6.32. The summed E-state index contributed by atoms with van der Waals surface area (Å²) >= 11 is 6.32. The first-order chi connectivity index (χ1) is 14.7. The largest absolute Gasteiger partial charge is 0.491 e. The molecule has 2 heterocycles. The standard InChI is InChI=1S/C21H21ClN4O4/c1-2-27-11-12-28-15-5-3-14(4-6-15)24-21-23-10-9-18(26-21)25-19-16(22)7-8-17-20(19)30-13-29-17/h3-10H,2,11-13H2,1H3,(H2,23,24,25,26). The number of hydrogen-bond donors (Lipinski definition) is 2. The van der Waals surface area contributed by atoms with Crippen molar-refractivity contribution >= 4 is 34.7 Å². The minimum atomic E-state index is 0.159. The van der Waals surface area contributed by atoms with Crippen LogP contribution in [-0.2, 0) is 4.74 Å². The van der Waals surface area contributed by atoms with E-state index in [2.05, 4.69) is 20.6 Å². The smallest absolute Gasteiger partial charge is 0.231 e. The van der Waals surface area contributed by atoms with Crippen LogP contribution in [0.2, 0.25) is 5.02 Å². The van der Waals surface area contributed by atoms with Gasteiger partial charge in [-0.25, -0.2) is 4.98 Å². The summed E-state index contributed by atoms with van der Waals surface area (Å²) in [5, 5.41) is 6.86. The molecule has 2 N–H and O–H groups in total. The maximum Gasteiger partial charge on any atom is 0.231 e. The Morgan fingerprint density at radius 1 is 1.03 bits per heavy atom. The van der Waals surface area contributed by atoms with Gasteiger partial charge in [-0.2, -0.15) is 4.98 Å². The summed E-state index contributed by atoms with van der Waals surface area (Å²) in [6.07, 6.45) is 1.65. The molecule has 30 heavy (non-hydrogen) atoms. The Labute approximate surface area is 179 Å². The molecule has 0 aliphatic carbocycles. The van der Waals surface area contributed by atoms with E-state index in [9.17, 15) is 0 Å². The number of benzene rings is 2. The Bertz CT molecular complexity index is 1000.